The van der Waals surface area contributed by atoms with Gasteiger partial charge in [0.15, 0.2) is 11.8 Å². The highest BCUT2D eigenvalue weighted by molar-refractivity contribution is 5.95. The number of methoxy groups -OCH3 is 1. The standard InChI is InChI=1S/C22H20FN7O/c1-14-12-30(13-27-14)18-8-7-17(11-19(18)31-2)28-22(24)29-21-20(25-9-10-26-21)15-3-5-16(23)6-4-15/h3-13H,1-2H3,(H3,24,26,28,29). The number of benzene rings is 2. The van der Waals surface area contributed by atoms with Crippen LogP contribution in [0.1, 0.15) is 5.69 Å². The van der Waals surface area contributed by atoms with E-state index < -0.39 is 0 Å². The fourth-order valence-corrected chi connectivity index (χ4v) is 3.04. The van der Waals surface area contributed by atoms with Crippen molar-refractivity contribution in [2.24, 2.45) is 10.7 Å². The van der Waals surface area contributed by atoms with E-state index >= 15 is 0 Å². The van der Waals surface area contributed by atoms with Gasteiger partial charge in [0.05, 0.1) is 24.8 Å². The molecular weight excluding hydrogens is 397 g/mol. The third kappa shape index (κ3) is 4.50. The van der Waals surface area contributed by atoms with E-state index in [0.717, 1.165) is 11.4 Å². The number of nitrogens with zero attached hydrogens (tertiary/aromatic N) is 5. The van der Waals surface area contributed by atoms with Crippen LogP contribution in [0, 0.1) is 12.7 Å². The second-order valence-electron chi connectivity index (χ2n) is 6.67. The van der Waals surface area contributed by atoms with Gasteiger partial charge >= 0.3 is 0 Å². The summed E-state index contributed by atoms with van der Waals surface area (Å²) in [5.41, 5.74) is 9.72. The molecule has 3 N–H and O–H groups in total. The van der Waals surface area contributed by atoms with Gasteiger partial charge in [0.25, 0.3) is 0 Å². The zero-order valence-corrected chi connectivity index (χ0v) is 17.0. The van der Waals surface area contributed by atoms with Crippen molar-refractivity contribution in [3.8, 4) is 22.7 Å². The highest BCUT2D eigenvalue weighted by Crippen LogP contribution is 2.28. The molecule has 31 heavy (non-hydrogen) atoms. The molecule has 0 atom stereocenters. The Hall–Kier alpha value is -4.27. The number of halogens is 1. The van der Waals surface area contributed by atoms with Gasteiger partial charge in [-0.2, -0.15) is 4.99 Å². The van der Waals surface area contributed by atoms with Gasteiger partial charge in [0.1, 0.15) is 17.3 Å². The lowest BCUT2D eigenvalue weighted by molar-refractivity contribution is 0.413. The number of nitrogens with two attached hydrogens (primary N) is 1. The third-order valence-electron chi connectivity index (χ3n) is 4.46. The van der Waals surface area contributed by atoms with E-state index in [9.17, 15) is 4.39 Å². The van der Waals surface area contributed by atoms with Gasteiger partial charge < -0.3 is 20.4 Å². The van der Waals surface area contributed by atoms with Crippen LogP contribution in [0.2, 0.25) is 0 Å². The molecule has 0 saturated carbocycles. The van der Waals surface area contributed by atoms with Crippen LogP contribution in [0.5, 0.6) is 5.75 Å². The second-order valence-corrected chi connectivity index (χ2v) is 6.67. The summed E-state index contributed by atoms with van der Waals surface area (Å²) in [6.45, 7) is 1.92. The Bertz CT molecular complexity index is 1230. The quantitative estimate of drug-likeness (QED) is 0.378. The molecule has 156 valence electrons. The maximum absolute atomic E-state index is 13.2. The minimum absolute atomic E-state index is 0.122. The Morgan fingerprint density at radius 2 is 1.87 bits per heavy atom. The second kappa shape index (κ2) is 8.62. The van der Waals surface area contributed by atoms with Crippen LogP contribution in [0.25, 0.3) is 16.9 Å². The number of aliphatic imine (C=N–C) groups is 1. The van der Waals surface area contributed by atoms with Crippen molar-refractivity contribution < 1.29 is 9.13 Å². The van der Waals surface area contributed by atoms with Crippen LogP contribution in [-0.2, 0) is 0 Å². The number of aromatic nitrogens is 4. The lowest BCUT2D eigenvalue weighted by atomic mass is 10.1. The van der Waals surface area contributed by atoms with E-state index in [2.05, 4.69) is 25.3 Å². The molecule has 0 unspecified atom stereocenters. The molecule has 0 fully saturated rings. The largest absolute Gasteiger partial charge is 0.494 e. The number of hydrogen-bond donors (Lipinski definition) is 2. The van der Waals surface area contributed by atoms with E-state index in [-0.39, 0.29) is 11.8 Å². The summed E-state index contributed by atoms with van der Waals surface area (Å²) in [7, 11) is 1.60. The first kappa shape index (κ1) is 20.0. The van der Waals surface area contributed by atoms with Crippen LogP contribution < -0.4 is 15.8 Å². The van der Waals surface area contributed by atoms with Gasteiger partial charge in [-0.05, 0) is 43.3 Å². The number of rotatable bonds is 5. The molecular formula is C22H20FN7O. The first-order valence-corrected chi connectivity index (χ1v) is 9.40. The number of hydrogen-bond acceptors (Lipinski definition) is 5. The molecule has 0 radical (unpaired) electrons. The highest BCUT2D eigenvalue weighted by atomic mass is 19.1. The summed E-state index contributed by atoms with van der Waals surface area (Å²) >= 11 is 0. The van der Waals surface area contributed by atoms with Crippen LogP contribution in [0.15, 0.2) is 72.4 Å². The van der Waals surface area contributed by atoms with Crippen molar-refractivity contribution in [1.82, 2.24) is 19.5 Å². The molecule has 4 rings (SSSR count). The molecule has 2 heterocycles. The Labute approximate surface area is 178 Å². The zero-order chi connectivity index (χ0) is 21.8. The lowest BCUT2D eigenvalue weighted by Gasteiger charge is -2.12. The van der Waals surface area contributed by atoms with Gasteiger partial charge in [0, 0.05) is 35.9 Å². The van der Waals surface area contributed by atoms with Gasteiger partial charge in [-0.25, -0.2) is 14.4 Å². The monoisotopic (exact) mass is 417 g/mol. The molecule has 9 heteroatoms. The van der Waals surface area contributed by atoms with Crippen molar-refractivity contribution >= 4 is 17.5 Å². The molecule has 0 spiro atoms. The molecule has 0 aliphatic rings. The summed E-state index contributed by atoms with van der Waals surface area (Å²) in [6.07, 6.45) is 6.69. The molecule has 0 amide bonds. The number of nitrogens with one attached hydrogen (secondary N) is 1. The Morgan fingerprint density at radius 3 is 2.58 bits per heavy atom. The number of aryl methyl sites for hydroxylation is 1. The topological polar surface area (TPSA) is 103 Å². The SMILES string of the molecule is COc1cc(NC(N)=Nc2nccnc2-c2ccc(F)cc2)ccc1-n1cnc(C)c1. The number of anilines is 1. The van der Waals surface area contributed by atoms with Crippen molar-refractivity contribution in [2.75, 3.05) is 12.4 Å². The van der Waals surface area contributed by atoms with Crippen LogP contribution in [-0.4, -0.2) is 32.6 Å². The summed E-state index contributed by atoms with van der Waals surface area (Å²) in [5.74, 6) is 0.748. The van der Waals surface area contributed by atoms with Gasteiger partial charge in [-0.15, -0.1) is 0 Å². The van der Waals surface area contributed by atoms with Gasteiger partial charge in [-0.1, -0.05) is 0 Å². The van der Waals surface area contributed by atoms with E-state index in [1.54, 1.807) is 31.8 Å². The van der Waals surface area contributed by atoms with Crippen LogP contribution in [0.3, 0.4) is 0 Å². The molecule has 0 saturated heterocycles. The number of guanidine groups is 1. The first-order chi connectivity index (χ1) is 15.0. The maximum atomic E-state index is 13.2. The van der Waals surface area contributed by atoms with E-state index in [1.807, 2.05) is 35.9 Å². The molecule has 2 aromatic carbocycles. The molecule has 2 aromatic heterocycles. The average Bonchev–Trinajstić information content (AvgIpc) is 3.20. The average molecular weight is 417 g/mol. The predicted octanol–water partition coefficient (Wildman–Crippen LogP) is 3.84. The van der Waals surface area contributed by atoms with E-state index in [4.69, 9.17) is 10.5 Å². The van der Waals surface area contributed by atoms with Gasteiger partial charge in [-0.3, -0.25) is 4.98 Å². The number of imidazole rings is 1. The van der Waals surface area contributed by atoms with Crippen molar-refractivity contribution in [3.63, 3.8) is 0 Å². The van der Waals surface area contributed by atoms with Gasteiger partial charge in [0.2, 0.25) is 0 Å². The fraction of sp³-hybridized carbons (Fsp3) is 0.0909. The Morgan fingerprint density at radius 1 is 1.10 bits per heavy atom. The fourth-order valence-electron chi connectivity index (χ4n) is 3.04. The molecule has 0 bridgehead atoms. The Balaban J connectivity index is 1.60. The van der Waals surface area contributed by atoms with Crippen molar-refractivity contribution in [2.45, 2.75) is 6.92 Å². The minimum atomic E-state index is -0.331. The summed E-state index contributed by atoms with van der Waals surface area (Å²) < 4.78 is 20.6. The smallest absolute Gasteiger partial charge is 0.199 e. The maximum Gasteiger partial charge on any atom is 0.199 e. The molecule has 8 nitrogen and oxygen atoms in total. The first-order valence-electron chi connectivity index (χ1n) is 9.40. The summed E-state index contributed by atoms with van der Waals surface area (Å²) in [5, 5.41) is 3.03. The van der Waals surface area contributed by atoms with Crippen LogP contribution >= 0.6 is 0 Å². The molecule has 0 aliphatic heterocycles. The zero-order valence-electron chi connectivity index (χ0n) is 17.0. The summed E-state index contributed by atoms with van der Waals surface area (Å²) in [4.78, 5) is 17.2. The van der Waals surface area contributed by atoms with E-state index in [0.29, 0.717) is 28.5 Å². The minimum Gasteiger partial charge on any atom is -0.494 e. The summed E-state index contributed by atoms with van der Waals surface area (Å²) in [6, 6.07) is 11.5. The highest BCUT2D eigenvalue weighted by Gasteiger charge is 2.10. The van der Waals surface area contributed by atoms with Crippen molar-refractivity contribution in [3.05, 3.63) is 78.9 Å². The normalized spacial score (nSPS) is 11.4. The third-order valence-corrected chi connectivity index (χ3v) is 4.46. The Kier molecular flexibility index (Phi) is 5.57. The molecule has 0 aliphatic carbocycles. The lowest BCUT2D eigenvalue weighted by Crippen LogP contribution is -2.22. The van der Waals surface area contributed by atoms with E-state index in [1.165, 1.54) is 18.3 Å². The predicted molar refractivity (Wildman–Crippen MR) is 117 cm³/mol. The molecule has 4 aromatic rings. The van der Waals surface area contributed by atoms with Crippen molar-refractivity contribution in [1.29, 1.82) is 0 Å². The van der Waals surface area contributed by atoms with Crippen LogP contribution in [0.4, 0.5) is 15.9 Å². The number of ether oxygens (including phenoxy) is 1.